The minimum atomic E-state index is 0.846. The molecule has 0 aromatic carbocycles. The molecule has 0 aromatic heterocycles. The molecule has 0 spiro atoms. The van der Waals surface area contributed by atoms with E-state index in [1.165, 1.54) is 5.54 Å². The summed E-state index contributed by atoms with van der Waals surface area (Å²) in [4.78, 5) is 0. The van der Waals surface area contributed by atoms with Gasteiger partial charge in [0.25, 0.3) is 0 Å². The zero-order chi connectivity index (χ0) is 5.11. The Bertz CT molecular complexity index is 80.1. The fraction of sp³-hybridized carbons (Fsp3) is 0.600. The highest BCUT2D eigenvalue weighted by atomic mass is 35.5. The van der Waals surface area contributed by atoms with Crippen molar-refractivity contribution in [3.63, 3.8) is 0 Å². The molecule has 0 aliphatic carbocycles. The summed E-state index contributed by atoms with van der Waals surface area (Å²) in [5.41, 5.74) is 1.51. The lowest BCUT2D eigenvalue weighted by atomic mass is 10.3. The van der Waals surface area contributed by atoms with Gasteiger partial charge in [-0.3, -0.25) is 0 Å². The Morgan fingerprint density at radius 3 is 2.86 bits per heavy atom. The van der Waals surface area contributed by atoms with E-state index in [4.69, 9.17) is 16.3 Å². The van der Waals surface area contributed by atoms with Crippen LogP contribution in [0.3, 0.4) is 0 Å². The molecule has 40 valence electrons. The van der Waals surface area contributed by atoms with Crippen molar-refractivity contribution in [3.8, 4) is 0 Å². The van der Waals surface area contributed by atoms with Crippen molar-refractivity contribution in [3.05, 3.63) is 11.3 Å². The summed E-state index contributed by atoms with van der Waals surface area (Å²) in [6, 6.07) is 0. The highest BCUT2D eigenvalue weighted by Gasteiger charge is 2.04. The Labute approximate surface area is 47.9 Å². The molecule has 1 rings (SSSR count). The molecular formula is C5H7ClO. The normalized spacial score (nSPS) is 25.6. The van der Waals surface area contributed by atoms with Crippen LogP contribution >= 0.6 is 11.6 Å². The van der Waals surface area contributed by atoms with E-state index in [9.17, 15) is 0 Å². The molecule has 1 saturated heterocycles. The van der Waals surface area contributed by atoms with Gasteiger partial charge in [0.1, 0.15) is 5.76 Å². The summed E-state index contributed by atoms with van der Waals surface area (Å²) in [6.45, 7) is 0.846. The number of rotatable bonds is 0. The van der Waals surface area contributed by atoms with Gasteiger partial charge in [-0.05, 0) is 6.42 Å². The predicted molar refractivity (Wildman–Crippen MR) is 29.1 cm³/mol. The molecule has 0 amide bonds. The number of ether oxygens (including phenoxy) is 1. The molecule has 1 heterocycles. The lowest BCUT2D eigenvalue weighted by molar-refractivity contribution is 0.264. The summed E-state index contributed by atoms with van der Waals surface area (Å²) >= 11 is 5.32. The van der Waals surface area contributed by atoms with Gasteiger partial charge in [-0.25, -0.2) is 0 Å². The fourth-order valence-electron chi connectivity index (χ4n) is 0.608. The minimum absolute atomic E-state index is 0.846. The number of hydrogen-bond donors (Lipinski definition) is 0. The van der Waals surface area contributed by atoms with Gasteiger partial charge in [0.05, 0.1) is 6.61 Å². The minimum Gasteiger partial charge on any atom is -0.497 e. The summed E-state index contributed by atoms with van der Waals surface area (Å²) in [6.07, 6.45) is 2.14. The highest BCUT2D eigenvalue weighted by Crippen LogP contribution is 2.15. The van der Waals surface area contributed by atoms with E-state index < -0.39 is 0 Å². The largest absolute Gasteiger partial charge is 0.497 e. The van der Waals surface area contributed by atoms with Crippen LogP contribution in [0.4, 0.5) is 0 Å². The molecule has 7 heavy (non-hydrogen) atoms. The van der Waals surface area contributed by atoms with Crippen molar-refractivity contribution in [1.82, 2.24) is 0 Å². The topological polar surface area (TPSA) is 9.23 Å². The lowest BCUT2D eigenvalue weighted by Gasteiger charge is -1.90. The van der Waals surface area contributed by atoms with E-state index in [1.807, 2.05) is 0 Å². The number of allylic oxidation sites excluding steroid dienone is 1. The monoisotopic (exact) mass is 118 g/mol. The van der Waals surface area contributed by atoms with E-state index in [0.717, 1.165) is 25.2 Å². The van der Waals surface area contributed by atoms with E-state index in [-0.39, 0.29) is 0 Å². The molecular weight excluding hydrogens is 112 g/mol. The van der Waals surface area contributed by atoms with Crippen molar-refractivity contribution in [2.45, 2.75) is 12.8 Å². The highest BCUT2D eigenvalue weighted by molar-refractivity contribution is 6.25. The average Bonchev–Trinajstić information content (AvgIpc) is 2.14. The molecule has 1 aliphatic heterocycles. The van der Waals surface area contributed by atoms with Gasteiger partial charge in [-0.2, -0.15) is 0 Å². The Kier molecular flexibility index (Phi) is 1.58. The second-order valence-electron chi connectivity index (χ2n) is 1.53. The van der Waals surface area contributed by atoms with Crippen molar-refractivity contribution < 1.29 is 4.74 Å². The van der Waals surface area contributed by atoms with Gasteiger partial charge in [-0.1, -0.05) is 11.6 Å². The van der Waals surface area contributed by atoms with Crippen LogP contribution in [0.1, 0.15) is 12.8 Å². The van der Waals surface area contributed by atoms with Gasteiger partial charge >= 0.3 is 0 Å². The summed E-state index contributed by atoms with van der Waals surface area (Å²) < 4.78 is 5.03. The van der Waals surface area contributed by atoms with Crippen molar-refractivity contribution in [1.29, 1.82) is 0 Å². The first-order valence-electron chi connectivity index (χ1n) is 2.35. The molecule has 0 bridgehead atoms. The molecule has 1 nitrogen and oxygen atoms in total. The second-order valence-corrected chi connectivity index (χ2v) is 1.75. The third-order valence-corrected chi connectivity index (χ3v) is 1.22. The Morgan fingerprint density at radius 2 is 2.57 bits per heavy atom. The molecule has 1 fully saturated rings. The van der Waals surface area contributed by atoms with Crippen LogP contribution in [0.5, 0.6) is 0 Å². The summed E-state index contributed by atoms with van der Waals surface area (Å²) in [7, 11) is 0. The van der Waals surface area contributed by atoms with Crippen LogP contribution in [0.2, 0.25) is 0 Å². The van der Waals surface area contributed by atoms with E-state index in [1.54, 1.807) is 0 Å². The second kappa shape index (κ2) is 2.22. The zero-order valence-electron chi connectivity index (χ0n) is 3.98. The lowest BCUT2D eigenvalue weighted by Crippen LogP contribution is -1.74. The fourth-order valence-corrected chi connectivity index (χ4v) is 0.780. The van der Waals surface area contributed by atoms with Crippen LogP contribution in [0.15, 0.2) is 11.3 Å². The van der Waals surface area contributed by atoms with Gasteiger partial charge in [-0.15, -0.1) is 0 Å². The summed E-state index contributed by atoms with van der Waals surface area (Å²) in [5, 5.41) is 0. The molecule has 0 N–H and O–H groups in total. The molecule has 0 radical (unpaired) electrons. The van der Waals surface area contributed by atoms with Crippen molar-refractivity contribution >= 4 is 11.6 Å². The van der Waals surface area contributed by atoms with Crippen LogP contribution in [0.25, 0.3) is 0 Å². The van der Waals surface area contributed by atoms with Crippen LogP contribution in [-0.2, 0) is 4.74 Å². The third-order valence-electron chi connectivity index (χ3n) is 0.977. The molecule has 0 atom stereocenters. The summed E-state index contributed by atoms with van der Waals surface area (Å²) in [5.74, 6) is 0.932. The van der Waals surface area contributed by atoms with E-state index in [2.05, 4.69) is 0 Å². The van der Waals surface area contributed by atoms with Crippen molar-refractivity contribution in [2.75, 3.05) is 6.61 Å². The van der Waals surface area contributed by atoms with Gasteiger partial charge in [0, 0.05) is 12.0 Å². The standard InChI is InChI=1S/C5H7ClO/c6-4-5-2-1-3-7-5/h4H,1-3H2/b5-4+. The molecule has 0 unspecified atom stereocenters. The maximum Gasteiger partial charge on any atom is 0.107 e. The SMILES string of the molecule is Cl/C=C1\CCCO1. The zero-order valence-corrected chi connectivity index (χ0v) is 4.74. The van der Waals surface area contributed by atoms with E-state index in [0.29, 0.717) is 0 Å². The predicted octanol–water partition coefficient (Wildman–Crippen LogP) is 1.88. The Morgan fingerprint density at radius 1 is 1.71 bits per heavy atom. The third kappa shape index (κ3) is 1.10. The molecule has 2 heteroatoms. The maximum absolute atomic E-state index is 5.32. The Hall–Kier alpha value is -0.170. The first-order valence-corrected chi connectivity index (χ1v) is 2.79. The van der Waals surface area contributed by atoms with E-state index >= 15 is 0 Å². The molecule has 0 saturated carbocycles. The average molecular weight is 119 g/mol. The quantitative estimate of drug-likeness (QED) is 0.472. The van der Waals surface area contributed by atoms with Gasteiger partial charge < -0.3 is 4.74 Å². The number of halogens is 1. The first-order chi connectivity index (χ1) is 3.43. The first kappa shape index (κ1) is 4.98. The van der Waals surface area contributed by atoms with Crippen LogP contribution < -0.4 is 0 Å². The van der Waals surface area contributed by atoms with Crippen molar-refractivity contribution in [2.24, 2.45) is 0 Å². The Balaban J connectivity index is 2.41. The van der Waals surface area contributed by atoms with Crippen LogP contribution in [0, 0.1) is 0 Å². The molecule has 1 aliphatic rings. The van der Waals surface area contributed by atoms with Crippen LogP contribution in [-0.4, -0.2) is 6.61 Å². The maximum atomic E-state index is 5.32. The smallest absolute Gasteiger partial charge is 0.107 e. The molecule has 0 aromatic rings. The van der Waals surface area contributed by atoms with Gasteiger partial charge in [0.2, 0.25) is 0 Å². The number of hydrogen-bond acceptors (Lipinski definition) is 1. The van der Waals surface area contributed by atoms with Gasteiger partial charge in [0.15, 0.2) is 0 Å².